The molecule has 2 rings (SSSR count). The maximum atomic E-state index is 5.45. The molecule has 0 bridgehead atoms. The molecule has 0 radical (unpaired) electrons. The third-order valence-electron chi connectivity index (χ3n) is 1.47. The zero-order valence-corrected chi connectivity index (χ0v) is 7.98. The Kier molecular flexibility index (Phi) is 2.60. The summed E-state index contributed by atoms with van der Waals surface area (Å²) < 4.78 is 0. The Balaban J connectivity index is 0.000000720. The highest BCUT2D eigenvalue weighted by molar-refractivity contribution is 8.93. The minimum Gasteiger partial charge on any atom is -0.382 e. The fraction of sp³-hybridized carbons (Fsp3) is 0. The third-order valence-corrected chi connectivity index (χ3v) is 1.47. The van der Waals surface area contributed by atoms with Crippen molar-refractivity contribution < 1.29 is 0 Å². The Labute approximate surface area is 80.4 Å². The zero-order valence-electron chi connectivity index (χ0n) is 6.27. The summed E-state index contributed by atoms with van der Waals surface area (Å²) >= 11 is 0. The van der Waals surface area contributed by atoms with Crippen molar-refractivity contribution in [3.05, 3.63) is 30.5 Å². The second-order valence-corrected chi connectivity index (χ2v) is 2.28. The van der Waals surface area contributed by atoms with Crippen LogP contribution < -0.4 is 5.73 Å². The number of rotatable bonds is 0. The number of benzene rings is 1. The Morgan fingerprint density at radius 3 is 2.50 bits per heavy atom. The van der Waals surface area contributed by atoms with E-state index in [1.165, 1.54) is 0 Å². The standard InChI is InChI=1S/C8H7N3.BrH/c9-8-5-10-6-3-1-2-4-7(6)11-8;/h1-5H,(H2,9,11);1H. The Hall–Kier alpha value is -1.16. The van der Waals surface area contributed by atoms with Gasteiger partial charge in [-0.1, -0.05) is 12.1 Å². The van der Waals surface area contributed by atoms with E-state index in [-0.39, 0.29) is 17.0 Å². The minimum atomic E-state index is 0. The molecule has 62 valence electrons. The van der Waals surface area contributed by atoms with Gasteiger partial charge in [0.15, 0.2) is 0 Å². The second kappa shape index (κ2) is 3.49. The summed E-state index contributed by atoms with van der Waals surface area (Å²) in [4.78, 5) is 8.18. The molecule has 1 aromatic carbocycles. The summed E-state index contributed by atoms with van der Waals surface area (Å²) in [5.41, 5.74) is 7.17. The maximum absolute atomic E-state index is 5.45. The average molecular weight is 226 g/mol. The fourth-order valence-corrected chi connectivity index (χ4v) is 0.972. The molecule has 4 heteroatoms. The molecule has 2 N–H and O–H groups in total. The van der Waals surface area contributed by atoms with Gasteiger partial charge in [0.1, 0.15) is 5.82 Å². The zero-order chi connectivity index (χ0) is 7.68. The van der Waals surface area contributed by atoms with Gasteiger partial charge in [-0.25, -0.2) is 4.98 Å². The van der Waals surface area contributed by atoms with Gasteiger partial charge < -0.3 is 5.73 Å². The van der Waals surface area contributed by atoms with E-state index in [9.17, 15) is 0 Å². The number of hydrogen-bond acceptors (Lipinski definition) is 3. The number of aromatic nitrogens is 2. The van der Waals surface area contributed by atoms with Gasteiger partial charge >= 0.3 is 0 Å². The highest BCUT2D eigenvalue weighted by Gasteiger charge is 1.92. The molecule has 0 amide bonds. The largest absolute Gasteiger partial charge is 0.382 e. The van der Waals surface area contributed by atoms with Crippen LogP contribution in [0.5, 0.6) is 0 Å². The van der Waals surface area contributed by atoms with Gasteiger partial charge in [0.05, 0.1) is 17.2 Å². The van der Waals surface area contributed by atoms with Crippen molar-refractivity contribution in [3.8, 4) is 0 Å². The van der Waals surface area contributed by atoms with E-state index in [1.54, 1.807) is 6.20 Å². The molecule has 12 heavy (non-hydrogen) atoms. The molecule has 0 spiro atoms. The van der Waals surface area contributed by atoms with Crippen LogP contribution in [0.25, 0.3) is 11.0 Å². The molecule has 0 aliphatic rings. The van der Waals surface area contributed by atoms with Crippen molar-refractivity contribution in [2.45, 2.75) is 0 Å². The summed E-state index contributed by atoms with van der Waals surface area (Å²) in [5.74, 6) is 0.462. The molecule has 1 heterocycles. The van der Waals surface area contributed by atoms with Crippen molar-refractivity contribution in [1.29, 1.82) is 0 Å². The minimum absolute atomic E-state index is 0. The number of hydrogen-bond donors (Lipinski definition) is 1. The lowest BCUT2D eigenvalue weighted by Gasteiger charge is -1.94. The molecular weight excluding hydrogens is 218 g/mol. The quantitative estimate of drug-likeness (QED) is 0.744. The molecule has 0 atom stereocenters. The molecular formula is C8H8BrN3. The molecule has 2 aromatic rings. The van der Waals surface area contributed by atoms with E-state index >= 15 is 0 Å². The van der Waals surface area contributed by atoms with Gasteiger partial charge in [0, 0.05) is 0 Å². The van der Waals surface area contributed by atoms with Crippen LogP contribution in [-0.2, 0) is 0 Å². The van der Waals surface area contributed by atoms with Gasteiger partial charge in [-0.3, -0.25) is 4.98 Å². The molecule has 0 fully saturated rings. The molecule has 0 saturated heterocycles. The van der Waals surface area contributed by atoms with Crippen LogP contribution >= 0.6 is 17.0 Å². The van der Waals surface area contributed by atoms with Crippen molar-refractivity contribution in [1.82, 2.24) is 9.97 Å². The van der Waals surface area contributed by atoms with Crippen molar-refractivity contribution >= 4 is 33.8 Å². The molecule has 0 unspecified atom stereocenters. The summed E-state index contributed by atoms with van der Waals surface area (Å²) in [6, 6.07) is 7.63. The van der Waals surface area contributed by atoms with E-state index in [4.69, 9.17) is 5.73 Å². The normalized spacial score (nSPS) is 9.33. The first kappa shape index (κ1) is 8.93. The van der Waals surface area contributed by atoms with Crippen LogP contribution in [0.2, 0.25) is 0 Å². The topological polar surface area (TPSA) is 51.8 Å². The maximum Gasteiger partial charge on any atom is 0.142 e. The predicted octanol–water partition coefficient (Wildman–Crippen LogP) is 1.79. The number of anilines is 1. The predicted molar refractivity (Wildman–Crippen MR) is 54.3 cm³/mol. The van der Waals surface area contributed by atoms with Crippen LogP contribution in [0, 0.1) is 0 Å². The second-order valence-electron chi connectivity index (χ2n) is 2.28. The summed E-state index contributed by atoms with van der Waals surface area (Å²) in [6.07, 6.45) is 1.56. The number of nitrogens with zero attached hydrogens (tertiary/aromatic N) is 2. The summed E-state index contributed by atoms with van der Waals surface area (Å²) in [6.45, 7) is 0. The number of nitrogen functional groups attached to an aromatic ring is 1. The van der Waals surface area contributed by atoms with Crippen molar-refractivity contribution in [2.24, 2.45) is 0 Å². The molecule has 0 aliphatic heterocycles. The van der Waals surface area contributed by atoms with Crippen LogP contribution in [-0.4, -0.2) is 9.97 Å². The monoisotopic (exact) mass is 225 g/mol. The first-order valence-electron chi connectivity index (χ1n) is 3.33. The van der Waals surface area contributed by atoms with Crippen LogP contribution in [0.3, 0.4) is 0 Å². The number of fused-ring (bicyclic) bond motifs is 1. The van der Waals surface area contributed by atoms with Crippen LogP contribution in [0.1, 0.15) is 0 Å². The first-order chi connectivity index (χ1) is 5.36. The lowest BCUT2D eigenvalue weighted by Crippen LogP contribution is -1.91. The number of halogens is 1. The molecule has 0 saturated carbocycles. The lowest BCUT2D eigenvalue weighted by molar-refractivity contribution is 1.30. The van der Waals surface area contributed by atoms with Gasteiger partial charge in [0.25, 0.3) is 0 Å². The van der Waals surface area contributed by atoms with Crippen LogP contribution in [0.15, 0.2) is 30.5 Å². The Bertz CT molecular complexity index is 389. The third kappa shape index (κ3) is 1.53. The van der Waals surface area contributed by atoms with E-state index in [1.807, 2.05) is 24.3 Å². The first-order valence-corrected chi connectivity index (χ1v) is 3.33. The number of nitrogens with two attached hydrogens (primary N) is 1. The average Bonchev–Trinajstić information content (AvgIpc) is 2.04. The highest BCUT2D eigenvalue weighted by atomic mass is 79.9. The Morgan fingerprint density at radius 1 is 1.08 bits per heavy atom. The number of para-hydroxylation sites is 2. The van der Waals surface area contributed by atoms with Gasteiger partial charge in [-0.05, 0) is 12.1 Å². The van der Waals surface area contributed by atoms with E-state index in [0.717, 1.165) is 11.0 Å². The van der Waals surface area contributed by atoms with Gasteiger partial charge in [-0.2, -0.15) is 0 Å². The van der Waals surface area contributed by atoms with Gasteiger partial charge in [0.2, 0.25) is 0 Å². The summed E-state index contributed by atoms with van der Waals surface area (Å²) in [7, 11) is 0. The Morgan fingerprint density at radius 2 is 1.75 bits per heavy atom. The van der Waals surface area contributed by atoms with E-state index in [0.29, 0.717) is 5.82 Å². The van der Waals surface area contributed by atoms with Crippen molar-refractivity contribution in [3.63, 3.8) is 0 Å². The summed E-state index contributed by atoms with van der Waals surface area (Å²) in [5, 5.41) is 0. The molecule has 1 aromatic heterocycles. The van der Waals surface area contributed by atoms with Crippen LogP contribution in [0.4, 0.5) is 5.82 Å². The van der Waals surface area contributed by atoms with E-state index < -0.39 is 0 Å². The van der Waals surface area contributed by atoms with Crippen molar-refractivity contribution in [2.75, 3.05) is 5.73 Å². The molecule has 3 nitrogen and oxygen atoms in total. The fourth-order valence-electron chi connectivity index (χ4n) is 0.972. The highest BCUT2D eigenvalue weighted by Crippen LogP contribution is 2.08. The van der Waals surface area contributed by atoms with E-state index in [2.05, 4.69) is 9.97 Å². The smallest absolute Gasteiger partial charge is 0.142 e. The molecule has 0 aliphatic carbocycles. The lowest BCUT2D eigenvalue weighted by atomic mass is 10.3. The van der Waals surface area contributed by atoms with Gasteiger partial charge in [-0.15, -0.1) is 17.0 Å². The SMILES string of the molecule is Br.Nc1cnc2ccccc2n1.